The molecule has 0 aliphatic carbocycles. The molecule has 0 aromatic heterocycles. The maximum Gasteiger partial charge on any atom is 0.199 e. The number of hydrogen-bond acceptors (Lipinski definition) is 4. The number of allylic oxidation sites excluding steroid dienone is 1. The number of carbonyl (C=O) groups is 1. The minimum absolute atomic E-state index is 0.0698. The molecule has 2 aromatic rings. The molecule has 0 radical (unpaired) electrons. The number of ketones is 1. The van der Waals surface area contributed by atoms with Gasteiger partial charge in [-0.15, -0.1) is 0 Å². The maximum absolute atomic E-state index is 12.0. The summed E-state index contributed by atoms with van der Waals surface area (Å²) in [5.74, 6) is 0.525. The highest BCUT2D eigenvalue weighted by atomic mass is 16.7. The fourth-order valence-corrected chi connectivity index (χ4v) is 2.56. The standard InChI is InChI=1S/C20H20O4/c21-18(15-6-2-1-3-7-15)12-10-16-9-11-17(14-19(16)22)24-20-8-4-5-13-23-20/h1-3,6-7,9-12,14,20,22H,4-5,8,13H2. The predicted molar refractivity (Wildman–Crippen MR) is 92.1 cm³/mol. The van der Waals surface area contributed by atoms with E-state index in [4.69, 9.17) is 9.47 Å². The SMILES string of the molecule is O=C(C=Cc1ccc(OC2CCCCO2)cc1O)c1ccccc1. The molecule has 0 spiro atoms. The lowest BCUT2D eigenvalue weighted by Crippen LogP contribution is -2.24. The van der Waals surface area contributed by atoms with Crippen molar-refractivity contribution in [3.63, 3.8) is 0 Å². The Hall–Kier alpha value is -2.59. The Labute approximate surface area is 141 Å². The lowest BCUT2D eigenvalue weighted by Gasteiger charge is -2.23. The first-order valence-electron chi connectivity index (χ1n) is 8.11. The Kier molecular flexibility index (Phi) is 5.29. The summed E-state index contributed by atoms with van der Waals surface area (Å²) in [6, 6.07) is 14.1. The van der Waals surface area contributed by atoms with Crippen LogP contribution in [0.5, 0.6) is 11.5 Å². The zero-order valence-corrected chi connectivity index (χ0v) is 13.4. The molecule has 1 aliphatic rings. The summed E-state index contributed by atoms with van der Waals surface area (Å²) in [4.78, 5) is 12.0. The summed E-state index contributed by atoms with van der Waals surface area (Å²) in [6.45, 7) is 0.707. The van der Waals surface area contributed by atoms with Gasteiger partial charge >= 0.3 is 0 Å². The number of carbonyl (C=O) groups excluding carboxylic acids is 1. The van der Waals surface area contributed by atoms with Crippen molar-refractivity contribution in [3.05, 3.63) is 65.7 Å². The van der Waals surface area contributed by atoms with Crippen molar-refractivity contribution in [2.75, 3.05) is 6.61 Å². The normalized spacial score (nSPS) is 17.8. The largest absolute Gasteiger partial charge is 0.507 e. The molecular formula is C20H20O4. The first-order valence-corrected chi connectivity index (χ1v) is 8.11. The van der Waals surface area contributed by atoms with Crippen LogP contribution in [0.25, 0.3) is 6.08 Å². The van der Waals surface area contributed by atoms with E-state index in [1.54, 1.807) is 36.4 Å². The molecule has 2 aromatic carbocycles. The Bertz CT molecular complexity index is 716. The zero-order chi connectivity index (χ0) is 16.8. The van der Waals surface area contributed by atoms with Crippen LogP contribution in [0.3, 0.4) is 0 Å². The van der Waals surface area contributed by atoms with Crippen LogP contribution in [0.2, 0.25) is 0 Å². The van der Waals surface area contributed by atoms with Gasteiger partial charge in [-0.1, -0.05) is 30.3 Å². The molecular weight excluding hydrogens is 304 g/mol. The average Bonchev–Trinajstić information content (AvgIpc) is 2.62. The number of aromatic hydroxyl groups is 1. The second-order valence-electron chi connectivity index (χ2n) is 5.70. The van der Waals surface area contributed by atoms with Gasteiger partial charge in [0.05, 0.1) is 6.61 Å². The summed E-state index contributed by atoms with van der Waals surface area (Å²) in [5, 5.41) is 10.1. The highest BCUT2D eigenvalue weighted by molar-refractivity contribution is 6.06. The molecule has 4 heteroatoms. The average molecular weight is 324 g/mol. The fraction of sp³-hybridized carbons (Fsp3) is 0.250. The van der Waals surface area contributed by atoms with Crippen LogP contribution in [0.15, 0.2) is 54.6 Å². The van der Waals surface area contributed by atoms with Crippen LogP contribution in [0, 0.1) is 0 Å². The van der Waals surface area contributed by atoms with Gasteiger partial charge in [-0.05, 0) is 37.1 Å². The number of benzene rings is 2. The van der Waals surface area contributed by atoms with Gasteiger partial charge < -0.3 is 14.6 Å². The highest BCUT2D eigenvalue weighted by Gasteiger charge is 2.15. The van der Waals surface area contributed by atoms with Crippen LogP contribution < -0.4 is 4.74 Å². The summed E-state index contributed by atoms with van der Waals surface area (Å²) in [5.41, 5.74) is 1.18. The predicted octanol–water partition coefficient (Wildman–Crippen LogP) is 4.19. The summed E-state index contributed by atoms with van der Waals surface area (Å²) < 4.78 is 11.2. The Balaban J connectivity index is 1.66. The smallest absolute Gasteiger partial charge is 0.199 e. The van der Waals surface area contributed by atoms with Crippen LogP contribution in [-0.2, 0) is 4.74 Å². The van der Waals surface area contributed by atoms with E-state index in [2.05, 4.69) is 0 Å². The van der Waals surface area contributed by atoms with E-state index in [9.17, 15) is 9.90 Å². The number of hydrogen-bond donors (Lipinski definition) is 1. The van der Waals surface area contributed by atoms with Gasteiger partial charge in [-0.25, -0.2) is 0 Å². The minimum Gasteiger partial charge on any atom is -0.507 e. The molecule has 1 aliphatic heterocycles. The van der Waals surface area contributed by atoms with Crippen molar-refractivity contribution in [2.24, 2.45) is 0 Å². The van der Waals surface area contributed by atoms with Gasteiger partial charge in [0.25, 0.3) is 0 Å². The molecule has 1 saturated heterocycles. The second-order valence-corrected chi connectivity index (χ2v) is 5.70. The molecule has 0 amide bonds. The number of rotatable bonds is 5. The quantitative estimate of drug-likeness (QED) is 0.662. The van der Waals surface area contributed by atoms with E-state index in [-0.39, 0.29) is 17.8 Å². The van der Waals surface area contributed by atoms with Gasteiger partial charge in [0.2, 0.25) is 0 Å². The molecule has 1 unspecified atom stereocenters. The van der Waals surface area contributed by atoms with Crippen molar-refractivity contribution in [1.82, 2.24) is 0 Å². The van der Waals surface area contributed by atoms with E-state index >= 15 is 0 Å². The molecule has 124 valence electrons. The molecule has 1 heterocycles. The van der Waals surface area contributed by atoms with Gasteiger partial charge in [0, 0.05) is 23.6 Å². The molecule has 1 atom stereocenters. The third kappa shape index (κ3) is 4.24. The number of phenols is 1. The Morgan fingerprint density at radius 2 is 2.00 bits per heavy atom. The molecule has 1 fully saturated rings. The molecule has 4 nitrogen and oxygen atoms in total. The first-order chi connectivity index (χ1) is 11.7. The molecule has 1 N–H and O–H groups in total. The molecule has 0 saturated carbocycles. The van der Waals surface area contributed by atoms with Crippen LogP contribution >= 0.6 is 0 Å². The highest BCUT2D eigenvalue weighted by Crippen LogP contribution is 2.27. The summed E-state index contributed by atoms with van der Waals surface area (Å²) in [7, 11) is 0. The lowest BCUT2D eigenvalue weighted by atomic mass is 10.1. The van der Waals surface area contributed by atoms with Crippen molar-refractivity contribution in [2.45, 2.75) is 25.6 Å². The zero-order valence-electron chi connectivity index (χ0n) is 13.4. The maximum atomic E-state index is 12.0. The van der Waals surface area contributed by atoms with Crippen LogP contribution in [0.4, 0.5) is 0 Å². The van der Waals surface area contributed by atoms with E-state index < -0.39 is 0 Å². The van der Waals surface area contributed by atoms with Crippen LogP contribution in [0.1, 0.15) is 35.2 Å². The van der Waals surface area contributed by atoms with Gasteiger partial charge in [0.1, 0.15) is 11.5 Å². The lowest BCUT2D eigenvalue weighted by molar-refractivity contribution is -0.105. The van der Waals surface area contributed by atoms with Crippen LogP contribution in [-0.4, -0.2) is 23.8 Å². The van der Waals surface area contributed by atoms with Gasteiger partial charge in [-0.3, -0.25) is 4.79 Å². The van der Waals surface area contributed by atoms with E-state index in [1.807, 2.05) is 18.2 Å². The molecule has 24 heavy (non-hydrogen) atoms. The van der Waals surface area contributed by atoms with Crippen molar-refractivity contribution in [1.29, 1.82) is 0 Å². The van der Waals surface area contributed by atoms with E-state index in [0.29, 0.717) is 23.5 Å². The summed E-state index contributed by atoms with van der Waals surface area (Å²) >= 11 is 0. The number of ether oxygens (including phenoxy) is 2. The topological polar surface area (TPSA) is 55.8 Å². The minimum atomic E-state index is -0.251. The second kappa shape index (κ2) is 7.79. The van der Waals surface area contributed by atoms with Crippen molar-refractivity contribution < 1.29 is 19.4 Å². The molecule has 3 rings (SSSR count). The van der Waals surface area contributed by atoms with E-state index in [1.165, 1.54) is 6.08 Å². The van der Waals surface area contributed by atoms with Crippen molar-refractivity contribution >= 4 is 11.9 Å². The third-order valence-corrected chi connectivity index (χ3v) is 3.88. The molecule has 0 bridgehead atoms. The summed E-state index contributed by atoms with van der Waals surface area (Å²) in [6.07, 6.45) is 5.80. The Morgan fingerprint density at radius 1 is 1.17 bits per heavy atom. The van der Waals surface area contributed by atoms with E-state index in [0.717, 1.165) is 19.3 Å². The third-order valence-electron chi connectivity index (χ3n) is 3.88. The van der Waals surface area contributed by atoms with Crippen molar-refractivity contribution in [3.8, 4) is 11.5 Å². The van der Waals surface area contributed by atoms with Gasteiger partial charge in [0.15, 0.2) is 12.1 Å². The Morgan fingerprint density at radius 3 is 2.71 bits per heavy atom. The fourth-order valence-electron chi connectivity index (χ4n) is 2.56. The van der Waals surface area contributed by atoms with Gasteiger partial charge in [-0.2, -0.15) is 0 Å². The number of phenolic OH excluding ortho intramolecular Hbond substituents is 1. The first kappa shape index (κ1) is 16.3. The monoisotopic (exact) mass is 324 g/mol.